The van der Waals surface area contributed by atoms with Gasteiger partial charge in [-0.3, -0.25) is 9.59 Å². The predicted octanol–water partition coefficient (Wildman–Crippen LogP) is 2.07. The summed E-state index contributed by atoms with van der Waals surface area (Å²) < 4.78 is 0. The molecule has 1 aliphatic rings. The molecule has 3 N–H and O–H groups in total. The maximum Gasteiger partial charge on any atom is 0.307 e. The molecule has 1 saturated carbocycles. The third-order valence-electron chi connectivity index (χ3n) is 3.90. The molecule has 0 heterocycles. The lowest BCUT2D eigenvalue weighted by Crippen LogP contribution is -2.36. The van der Waals surface area contributed by atoms with Gasteiger partial charge in [0.15, 0.2) is 0 Å². The van der Waals surface area contributed by atoms with Crippen LogP contribution in [0.4, 0.5) is 0 Å². The Morgan fingerprint density at radius 2 is 2.00 bits per heavy atom. The van der Waals surface area contributed by atoms with Gasteiger partial charge in [-0.05, 0) is 37.5 Å². The lowest BCUT2D eigenvalue weighted by Gasteiger charge is -2.20. The van der Waals surface area contributed by atoms with Gasteiger partial charge in [-0.25, -0.2) is 0 Å². The number of nitrogens with one attached hydrogen (secondary N) is 1. The predicted molar refractivity (Wildman–Crippen MR) is 73.1 cm³/mol. The smallest absolute Gasteiger partial charge is 0.307 e. The second kappa shape index (κ2) is 5.94. The molecular formula is C15H19NO4. The molecule has 0 aromatic heterocycles. The molecule has 5 nitrogen and oxygen atoms in total. The van der Waals surface area contributed by atoms with Crippen molar-refractivity contribution in [2.45, 2.75) is 32.2 Å². The second-order valence-electron chi connectivity index (χ2n) is 5.31. The highest BCUT2D eigenvalue weighted by atomic mass is 16.4. The van der Waals surface area contributed by atoms with Crippen LogP contribution in [0.1, 0.15) is 37.8 Å². The number of hydrogen-bond acceptors (Lipinski definition) is 3. The van der Waals surface area contributed by atoms with Crippen LogP contribution in [-0.4, -0.2) is 22.1 Å². The maximum atomic E-state index is 12.2. The van der Waals surface area contributed by atoms with E-state index in [-0.39, 0.29) is 17.7 Å². The number of benzene rings is 1. The minimum atomic E-state index is -0.896. The van der Waals surface area contributed by atoms with Crippen LogP contribution in [0.2, 0.25) is 0 Å². The van der Waals surface area contributed by atoms with Crippen LogP contribution < -0.4 is 5.32 Å². The lowest BCUT2D eigenvalue weighted by atomic mass is 9.94. The van der Waals surface area contributed by atoms with Crippen LogP contribution in [0.15, 0.2) is 24.3 Å². The number of carbonyl (C=O) groups is 2. The third-order valence-corrected chi connectivity index (χ3v) is 3.90. The van der Waals surface area contributed by atoms with Gasteiger partial charge in [0.25, 0.3) is 0 Å². The highest BCUT2D eigenvalue weighted by molar-refractivity contribution is 5.85. The number of aromatic hydroxyl groups is 1. The Morgan fingerprint density at radius 3 is 2.65 bits per heavy atom. The zero-order chi connectivity index (χ0) is 14.7. The topological polar surface area (TPSA) is 86.6 Å². The van der Waals surface area contributed by atoms with E-state index in [0.717, 1.165) is 12.0 Å². The molecule has 1 unspecified atom stereocenters. The average molecular weight is 277 g/mol. The Kier molecular flexibility index (Phi) is 4.27. The zero-order valence-electron chi connectivity index (χ0n) is 11.4. The Balaban J connectivity index is 2.02. The number of carboxylic acid groups (broad SMARTS) is 1. The van der Waals surface area contributed by atoms with Crippen molar-refractivity contribution in [2.75, 3.05) is 0 Å². The minimum Gasteiger partial charge on any atom is -0.508 e. The van der Waals surface area contributed by atoms with Crippen LogP contribution in [0.3, 0.4) is 0 Å². The van der Waals surface area contributed by atoms with Gasteiger partial charge in [0, 0.05) is 0 Å². The van der Waals surface area contributed by atoms with Crippen molar-refractivity contribution in [2.24, 2.45) is 11.8 Å². The number of amides is 1. The van der Waals surface area contributed by atoms with Gasteiger partial charge in [0.1, 0.15) is 5.75 Å². The van der Waals surface area contributed by atoms with Gasteiger partial charge in [-0.2, -0.15) is 0 Å². The zero-order valence-corrected chi connectivity index (χ0v) is 11.4. The molecule has 0 spiro atoms. The minimum absolute atomic E-state index is 0.146. The molecule has 0 aliphatic heterocycles. The number of carboxylic acids is 1. The summed E-state index contributed by atoms with van der Waals surface area (Å²) in [6.45, 7) is 1.82. The SMILES string of the molecule is CC(NC(=O)[C@@H]1CCC[C@@H]1C(=O)O)c1cccc(O)c1. The standard InChI is InChI=1S/C15H19NO4/c1-9(10-4-2-5-11(17)8-10)16-14(18)12-6-3-7-13(12)15(19)20/h2,4-5,8-9,12-13,17H,3,6-7H2,1H3,(H,16,18)(H,19,20)/t9?,12-,13+/m1/s1. The number of carbonyl (C=O) groups excluding carboxylic acids is 1. The molecule has 1 aliphatic carbocycles. The van der Waals surface area contributed by atoms with E-state index >= 15 is 0 Å². The van der Waals surface area contributed by atoms with Gasteiger partial charge in [0.2, 0.25) is 5.91 Å². The van der Waals surface area contributed by atoms with Crippen LogP contribution in [0, 0.1) is 11.8 Å². The molecule has 5 heteroatoms. The number of phenols is 1. The Labute approximate surface area is 117 Å². The average Bonchev–Trinajstić information content (AvgIpc) is 2.88. The van der Waals surface area contributed by atoms with E-state index in [2.05, 4.69) is 5.32 Å². The van der Waals surface area contributed by atoms with Crippen molar-refractivity contribution in [3.05, 3.63) is 29.8 Å². The monoisotopic (exact) mass is 277 g/mol. The molecule has 1 aromatic rings. The van der Waals surface area contributed by atoms with Crippen molar-refractivity contribution in [3.8, 4) is 5.75 Å². The molecule has 20 heavy (non-hydrogen) atoms. The first-order valence-electron chi connectivity index (χ1n) is 6.81. The fourth-order valence-electron chi connectivity index (χ4n) is 2.77. The first-order chi connectivity index (χ1) is 9.49. The quantitative estimate of drug-likeness (QED) is 0.786. The normalized spacial score (nSPS) is 23.2. The number of hydrogen-bond donors (Lipinski definition) is 3. The summed E-state index contributed by atoms with van der Waals surface area (Å²) in [6.07, 6.45) is 1.96. The molecular weight excluding hydrogens is 258 g/mol. The first kappa shape index (κ1) is 14.4. The van der Waals surface area contributed by atoms with Crippen LogP contribution in [-0.2, 0) is 9.59 Å². The Hall–Kier alpha value is -2.04. The highest BCUT2D eigenvalue weighted by Gasteiger charge is 2.38. The summed E-state index contributed by atoms with van der Waals surface area (Å²) in [7, 11) is 0. The van der Waals surface area contributed by atoms with Crippen LogP contribution in [0.25, 0.3) is 0 Å². The number of phenolic OH excluding ortho intramolecular Hbond substituents is 1. The molecule has 108 valence electrons. The van der Waals surface area contributed by atoms with E-state index in [4.69, 9.17) is 5.11 Å². The molecule has 0 bridgehead atoms. The van der Waals surface area contributed by atoms with E-state index in [1.807, 2.05) is 13.0 Å². The summed E-state index contributed by atoms with van der Waals surface area (Å²) in [6, 6.07) is 6.42. The van der Waals surface area contributed by atoms with Gasteiger partial charge >= 0.3 is 5.97 Å². The fraction of sp³-hybridized carbons (Fsp3) is 0.467. The summed E-state index contributed by atoms with van der Waals surface area (Å²) >= 11 is 0. The van der Waals surface area contributed by atoms with Crippen LogP contribution >= 0.6 is 0 Å². The third kappa shape index (κ3) is 3.10. The maximum absolute atomic E-state index is 12.2. The van der Waals surface area contributed by atoms with Crippen molar-refractivity contribution in [1.82, 2.24) is 5.32 Å². The van der Waals surface area contributed by atoms with Crippen molar-refractivity contribution in [3.63, 3.8) is 0 Å². The lowest BCUT2D eigenvalue weighted by molar-refractivity contribution is -0.146. The number of rotatable bonds is 4. The van der Waals surface area contributed by atoms with Crippen LogP contribution in [0.5, 0.6) is 5.75 Å². The van der Waals surface area contributed by atoms with E-state index in [1.54, 1.807) is 18.2 Å². The molecule has 3 atom stereocenters. The first-order valence-corrected chi connectivity index (χ1v) is 6.81. The van der Waals surface area contributed by atoms with Crippen molar-refractivity contribution < 1.29 is 19.8 Å². The fourth-order valence-corrected chi connectivity index (χ4v) is 2.77. The molecule has 1 amide bonds. The van der Waals surface area contributed by atoms with E-state index in [0.29, 0.717) is 12.8 Å². The highest BCUT2D eigenvalue weighted by Crippen LogP contribution is 2.32. The van der Waals surface area contributed by atoms with E-state index < -0.39 is 17.8 Å². The largest absolute Gasteiger partial charge is 0.508 e. The van der Waals surface area contributed by atoms with E-state index in [1.165, 1.54) is 0 Å². The van der Waals surface area contributed by atoms with E-state index in [9.17, 15) is 14.7 Å². The summed E-state index contributed by atoms with van der Waals surface area (Å²) in [5.74, 6) is -2.00. The van der Waals surface area contributed by atoms with Crippen molar-refractivity contribution >= 4 is 11.9 Å². The van der Waals surface area contributed by atoms with Crippen molar-refractivity contribution in [1.29, 1.82) is 0 Å². The Bertz CT molecular complexity index is 514. The molecule has 0 saturated heterocycles. The van der Waals surface area contributed by atoms with Gasteiger partial charge in [0.05, 0.1) is 17.9 Å². The van der Waals surface area contributed by atoms with Gasteiger partial charge in [-0.15, -0.1) is 0 Å². The second-order valence-corrected chi connectivity index (χ2v) is 5.31. The molecule has 1 aromatic carbocycles. The molecule has 2 rings (SSSR count). The number of aliphatic carboxylic acids is 1. The summed E-state index contributed by atoms with van der Waals surface area (Å²) in [4.78, 5) is 23.3. The Morgan fingerprint density at radius 1 is 1.30 bits per heavy atom. The summed E-state index contributed by atoms with van der Waals surface area (Å²) in [5.41, 5.74) is 0.795. The van der Waals surface area contributed by atoms with Gasteiger partial charge < -0.3 is 15.5 Å². The molecule has 0 radical (unpaired) electrons. The molecule has 1 fully saturated rings. The van der Waals surface area contributed by atoms with Gasteiger partial charge in [-0.1, -0.05) is 18.6 Å². The summed E-state index contributed by atoms with van der Waals surface area (Å²) in [5, 5.41) is 21.4.